The normalized spacial score (nSPS) is 23.9. The number of esters is 1. The summed E-state index contributed by atoms with van der Waals surface area (Å²) in [6.45, 7) is 0. The van der Waals surface area contributed by atoms with Gasteiger partial charge in [-0.05, 0) is 40.1 Å². The van der Waals surface area contributed by atoms with Crippen LogP contribution in [0.5, 0.6) is 11.5 Å². The molecule has 1 saturated heterocycles. The summed E-state index contributed by atoms with van der Waals surface area (Å²) >= 11 is 0. The van der Waals surface area contributed by atoms with E-state index in [0.29, 0.717) is 17.2 Å². The van der Waals surface area contributed by atoms with E-state index in [-0.39, 0.29) is 5.91 Å². The number of methoxy groups -OCH3 is 1. The topological polar surface area (TPSA) is 72.9 Å². The van der Waals surface area contributed by atoms with E-state index in [1.165, 1.54) is 12.0 Å². The van der Waals surface area contributed by atoms with Crippen molar-refractivity contribution in [2.24, 2.45) is 17.8 Å². The van der Waals surface area contributed by atoms with Gasteiger partial charge in [-0.25, -0.2) is 4.90 Å². The van der Waals surface area contributed by atoms with Gasteiger partial charge in [0.2, 0.25) is 11.8 Å². The van der Waals surface area contributed by atoms with E-state index in [0.717, 1.165) is 27.5 Å². The Hall–Kier alpha value is -4.71. The summed E-state index contributed by atoms with van der Waals surface area (Å²) in [7, 11) is 1.50. The van der Waals surface area contributed by atoms with Crippen molar-refractivity contribution in [3.8, 4) is 11.5 Å². The molecular weight excluding hydrogens is 478 g/mol. The number of imide groups is 1. The molecule has 0 bridgehead atoms. The number of amides is 2. The average Bonchev–Trinajstić information content (AvgIpc) is 3.22. The molecule has 0 saturated carbocycles. The molecule has 6 heteroatoms. The Balaban J connectivity index is 1.48. The fourth-order valence-corrected chi connectivity index (χ4v) is 6.38. The van der Waals surface area contributed by atoms with Crippen LogP contribution in [0.1, 0.15) is 17.0 Å². The highest BCUT2D eigenvalue weighted by molar-refractivity contribution is 6.25. The number of nitrogens with zero attached hydrogens (tertiary/aromatic N) is 1. The quantitative estimate of drug-likeness (QED) is 0.214. The van der Waals surface area contributed by atoms with Crippen LogP contribution in [0.15, 0.2) is 97.1 Å². The molecule has 4 atom stereocenters. The number of benzene rings is 4. The first-order chi connectivity index (χ1) is 18.6. The van der Waals surface area contributed by atoms with Crippen LogP contribution in [-0.2, 0) is 14.4 Å². The van der Waals surface area contributed by atoms with Crippen LogP contribution >= 0.6 is 0 Å². The maximum Gasteiger partial charge on any atom is 0.319 e. The maximum absolute atomic E-state index is 14.2. The number of carbonyl (C=O) groups is 3. The highest BCUT2D eigenvalue weighted by Gasteiger charge is 2.60. The Bertz CT molecular complexity index is 1670. The van der Waals surface area contributed by atoms with Crippen molar-refractivity contribution in [1.82, 2.24) is 0 Å². The zero-order chi connectivity index (χ0) is 26.0. The van der Waals surface area contributed by atoms with Gasteiger partial charge in [0.15, 0.2) is 0 Å². The molecule has 4 aromatic rings. The molecule has 2 heterocycles. The Morgan fingerprint density at radius 2 is 1.47 bits per heavy atom. The van der Waals surface area contributed by atoms with Gasteiger partial charge in [-0.3, -0.25) is 14.4 Å². The number of anilines is 1. The third kappa shape index (κ3) is 3.10. The monoisotopic (exact) mass is 501 g/mol. The van der Waals surface area contributed by atoms with E-state index in [1.54, 1.807) is 30.3 Å². The van der Waals surface area contributed by atoms with Crippen LogP contribution in [-0.4, -0.2) is 24.9 Å². The fraction of sp³-hybridized carbons (Fsp3) is 0.156. The van der Waals surface area contributed by atoms with Crippen molar-refractivity contribution < 1.29 is 23.9 Å². The smallest absolute Gasteiger partial charge is 0.319 e. The number of hydrogen-bond acceptors (Lipinski definition) is 5. The predicted octanol–water partition coefficient (Wildman–Crippen LogP) is 5.37. The average molecular weight is 502 g/mol. The molecule has 1 aliphatic carbocycles. The summed E-state index contributed by atoms with van der Waals surface area (Å²) in [4.78, 5) is 43.1. The van der Waals surface area contributed by atoms with Crippen molar-refractivity contribution in [3.63, 3.8) is 0 Å². The van der Waals surface area contributed by atoms with Crippen molar-refractivity contribution >= 4 is 39.8 Å². The number of carbonyl (C=O) groups excluding carboxylic acids is 3. The molecule has 38 heavy (non-hydrogen) atoms. The maximum atomic E-state index is 14.2. The number of hydrogen-bond donors (Lipinski definition) is 0. The third-order valence-corrected chi connectivity index (χ3v) is 7.99. The molecule has 186 valence electrons. The Labute approximate surface area is 219 Å². The van der Waals surface area contributed by atoms with Gasteiger partial charge in [0.25, 0.3) is 0 Å². The summed E-state index contributed by atoms with van der Waals surface area (Å²) in [6.07, 6.45) is 2.02. The van der Waals surface area contributed by atoms with E-state index in [2.05, 4.69) is 0 Å². The van der Waals surface area contributed by atoms with Crippen LogP contribution in [0.4, 0.5) is 5.69 Å². The Morgan fingerprint density at radius 3 is 2.29 bits per heavy atom. The molecule has 2 aliphatic heterocycles. The van der Waals surface area contributed by atoms with E-state index in [4.69, 9.17) is 9.47 Å². The largest absolute Gasteiger partial charge is 0.495 e. The van der Waals surface area contributed by atoms with Crippen molar-refractivity contribution in [2.75, 3.05) is 12.0 Å². The molecular formula is C32H23NO5. The fourth-order valence-electron chi connectivity index (χ4n) is 6.38. The van der Waals surface area contributed by atoms with Gasteiger partial charge in [-0.1, -0.05) is 78.9 Å². The minimum atomic E-state index is -0.905. The molecule has 1 fully saturated rings. The highest BCUT2D eigenvalue weighted by Crippen LogP contribution is 2.56. The lowest BCUT2D eigenvalue weighted by Gasteiger charge is -2.38. The molecule has 6 nitrogen and oxygen atoms in total. The van der Waals surface area contributed by atoms with E-state index < -0.39 is 35.5 Å². The minimum Gasteiger partial charge on any atom is -0.495 e. The zero-order valence-electron chi connectivity index (χ0n) is 20.5. The first-order valence-corrected chi connectivity index (χ1v) is 12.6. The van der Waals surface area contributed by atoms with Gasteiger partial charge in [0, 0.05) is 11.5 Å². The number of fused-ring (bicyclic) bond motifs is 7. The molecule has 7 rings (SSSR count). The Morgan fingerprint density at radius 1 is 0.763 bits per heavy atom. The van der Waals surface area contributed by atoms with Gasteiger partial charge in [0.05, 0.1) is 30.6 Å². The first kappa shape index (κ1) is 22.5. The third-order valence-electron chi connectivity index (χ3n) is 7.99. The van der Waals surface area contributed by atoms with Gasteiger partial charge < -0.3 is 9.47 Å². The molecule has 0 spiro atoms. The lowest BCUT2D eigenvalue weighted by atomic mass is 9.64. The molecule has 0 unspecified atom stereocenters. The summed E-state index contributed by atoms with van der Waals surface area (Å²) in [6, 6.07) is 28.3. The second kappa shape index (κ2) is 8.42. The number of rotatable bonds is 3. The molecule has 2 amide bonds. The summed E-state index contributed by atoms with van der Waals surface area (Å²) < 4.78 is 11.3. The van der Waals surface area contributed by atoms with Crippen molar-refractivity contribution in [2.45, 2.75) is 5.92 Å². The van der Waals surface area contributed by atoms with Crippen LogP contribution in [0, 0.1) is 17.8 Å². The molecule has 0 N–H and O–H groups in total. The van der Waals surface area contributed by atoms with Gasteiger partial charge in [0.1, 0.15) is 11.5 Å². The number of para-hydroxylation sites is 2. The van der Waals surface area contributed by atoms with E-state index in [1.807, 2.05) is 66.7 Å². The van der Waals surface area contributed by atoms with Crippen molar-refractivity contribution in [3.05, 3.63) is 108 Å². The van der Waals surface area contributed by atoms with Crippen molar-refractivity contribution in [1.29, 1.82) is 0 Å². The second-order valence-corrected chi connectivity index (χ2v) is 9.85. The molecule has 4 aromatic carbocycles. The number of allylic oxidation sites excluding steroid dienone is 1. The summed E-state index contributed by atoms with van der Waals surface area (Å²) in [5, 5.41) is 1.95. The SMILES string of the molecule is COc1ccccc1N1C(=O)[C@@H]2[C@@H]3C(=O)Oc4ccc5ccccc5c4C3=C[C@@H](c3ccccc3)[C@@H]2C1=O. The molecule has 3 aliphatic rings. The van der Waals surface area contributed by atoms with Gasteiger partial charge >= 0.3 is 5.97 Å². The van der Waals surface area contributed by atoms with E-state index >= 15 is 0 Å². The second-order valence-electron chi connectivity index (χ2n) is 9.85. The van der Waals surface area contributed by atoms with Crippen LogP contribution in [0.2, 0.25) is 0 Å². The first-order valence-electron chi connectivity index (χ1n) is 12.6. The summed E-state index contributed by atoms with van der Waals surface area (Å²) in [5.74, 6) is -3.34. The zero-order valence-corrected chi connectivity index (χ0v) is 20.5. The van der Waals surface area contributed by atoms with Gasteiger partial charge in [-0.15, -0.1) is 0 Å². The highest BCUT2D eigenvalue weighted by atomic mass is 16.5. The van der Waals surface area contributed by atoms with Crippen LogP contribution in [0.3, 0.4) is 0 Å². The minimum absolute atomic E-state index is 0.342. The Kier molecular flexibility index (Phi) is 4.98. The predicted molar refractivity (Wildman–Crippen MR) is 143 cm³/mol. The molecule has 0 aromatic heterocycles. The van der Waals surface area contributed by atoms with Crippen LogP contribution < -0.4 is 14.4 Å². The molecule has 0 radical (unpaired) electrons. The lowest BCUT2D eigenvalue weighted by molar-refractivity contribution is -0.142. The lowest BCUT2D eigenvalue weighted by Crippen LogP contribution is -2.42. The summed E-state index contributed by atoms with van der Waals surface area (Å²) in [5.41, 5.74) is 2.84. The van der Waals surface area contributed by atoms with Crippen LogP contribution in [0.25, 0.3) is 16.3 Å². The standard InChI is InChI=1S/C32H23NO5/c1-37-24-14-8-7-13-23(24)33-30(34)27-21(18-9-3-2-4-10-18)17-22-26-20-12-6-5-11-19(20)15-16-25(26)38-32(36)28(22)29(27)31(33)35/h2-17,21,27-29H,1H3/t21-,27-,28+,29-/m0/s1. The van der Waals surface area contributed by atoms with E-state index in [9.17, 15) is 14.4 Å². The number of ether oxygens (including phenoxy) is 2. The van der Waals surface area contributed by atoms with Gasteiger partial charge in [-0.2, -0.15) is 0 Å².